The van der Waals surface area contributed by atoms with Crippen molar-refractivity contribution in [1.82, 2.24) is 0 Å². The summed E-state index contributed by atoms with van der Waals surface area (Å²) in [7, 11) is 0. The first-order valence-corrected chi connectivity index (χ1v) is 7.63. The first-order valence-electron chi connectivity index (χ1n) is 7.63. The van der Waals surface area contributed by atoms with Gasteiger partial charge < -0.3 is 4.74 Å². The molecule has 2 aromatic rings. The van der Waals surface area contributed by atoms with Gasteiger partial charge in [-0.2, -0.15) is 0 Å². The summed E-state index contributed by atoms with van der Waals surface area (Å²) in [6, 6.07) is 15.4. The molecule has 2 nitrogen and oxygen atoms in total. The average Bonchev–Trinajstić information content (AvgIpc) is 2.50. The predicted octanol–water partition coefficient (Wildman–Crippen LogP) is 4.81. The molecule has 0 spiro atoms. The van der Waals surface area contributed by atoms with Gasteiger partial charge in [-0.1, -0.05) is 51.0 Å². The zero-order valence-corrected chi connectivity index (χ0v) is 12.8. The summed E-state index contributed by atoms with van der Waals surface area (Å²) in [6.07, 6.45) is 4.30. The van der Waals surface area contributed by atoms with Crippen molar-refractivity contribution < 1.29 is 9.53 Å². The van der Waals surface area contributed by atoms with Crippen LogP contribution in [-0.4, -0.2) is 5.97 Å². The third-order valence-electron chi connectivity index (χ3n) is 3.40. The van der Waals surface area contributed by atoms with Crippen LogP contribution in [0.15, 0.2) is 48.5 Å². The predicted molar refractivity (Wildman–Crippen MR) is 85.8 cm³/mol. The van der Waals surface area contributed by atoms with Crippen molar-refractivity contribution in [3.63, 3.8) is 0 Å². The van der Waals surface area contributed by atoms with Gasteiger partial charge in [0.05, 0.1) is 5.56 Å². The number of hydrogen-bond donors (Lipinski definition) is 0. The summed E-state index contributed by atoms with van der Waals surface area (Å²) in [6.45, 7) is 4.29. The minimum absolute atomic E-state index is 0.304. The van der Waals surface area contributed by atoms with Gasteiger partial charge in [0.1, 0.15) is 5.75 Å². The summed E-state index contributed by atoms with van der Waals surface area (Å²) in [5.41, 5.74) is 3.10. The zero-order valence-electron chi connectivity index (χ0n) is 12.8. The highest BCUT2D eigenvalue weighted by Crippen LogP contribution is 2.16. The Morgan fingerprint density at radius 2 is 1.29 bits per heavy atom. The number of esters is 1. The van der Waals surface area contributed by atoms with Crippen LogP contribution >= 0.6 is 0 Å². The summed E-state index contributed by atoms with van der Waals surface area (Å²) in [5.74, 6) is 0.291. The second-order valence-electron chi connectivity index (χ2n) is 5.23. The van der Waals surface area contributed by atoms with E-state index in [0.717, 1.165) is 25.7 Å². The molecule has 0 unspecified atom stereocenters. The van der Waals surface area contributed by atoms with Gasteiger partial charge >= 0.3 is 5.97 Å². The van der Waals surface area contributed by atoms with Crippen molar-refractivity contribution >= 4 is 5.97 Å². The van der Waals surface area contributed by atoms with Gasteiger partial charge in [0.15, 0.2) is 0 Å². The molecule has 0 aliphatic carbocycles. The van der Waals surface area contributed by atoms with E-state index in [4.69, 9.17) is 4.74 Å². The molecule has 0 heterocycles. The zero-order chi connectivity index (χ0) is 15.1. The third kappa shape index (κ3) is 4.45. The lowest BCUT2D eigenvalue weighted by Crippen LogP contribution is -2.08. The molecule has 0 fully saturated rings. The van der Waals surface area contributed by atoms with E-state index in [1.807, 2.05) is 48.5 Å². The van der Waals surface area contributed by atoms with Gasteiger partial charge in [-0.15, -0.1) is 0 Å². The van der Waals surface area contributed by atoms with Crippen molar-refractivity contribution in [3.8, 4) is 5.75 Å². The van der Waals surface area contributed by atoms with Crippen molar-refractivity contribution in [2.24, 2.45) is 0 Å². The van der Waals surface area contributed by atoms with E-state index < -0.39 is 0 Å². The molecule has 0 radical (unpaired) electrons. The van der Waals surface area contributed by atoms with Crippen LogP contribution in [-0.2, 0) is 12.8 Å². The van der Waals surface area contributed by atoms with Crippen LogP contribution < -0.4 is 4.74 Å². The second kappa shape index (κ2) is 7.63. The van der Waals surface area contributed by atoms with Gasteiger partial charge in [-0.05, 0) is 48.2 Å². The number of hydrogen-bond acceptors (Lipinski definition) is 2. The minimum atomic E-state index is -0.304. The molecule has 2 rings (SSSR count). The lowest BCUT2D eigenvalue weighted by molar-refractivity contribution is 0.0734. The molecule has 2 aromatic carbocycles. The van der Waals surface area contributed by atoms with Crippen molar-refractivity contribution in [2.75, 3.05) is 0 Å². The van der Waals surface area contributed by atoms with Gasteiger partial charge in [0.25, 0.3) is 0 Å². The van der Waals surface area contributed by atoms with Crippen molar-refractivity contribution in [3.05, 3.63) is 65.2 Å². The molecule has 0 amide bonds. The molecule has 0 saturated heterocycles. The smallest absolute Gasteiger partial charge is 0.343 e. The third-order valence-corrected chi connectivity index (χ3v) is 3.40. The van der Waals surface area contributed by atoms with Crippen LogP contribution in [0, 0.1) is 0 Å². The largest absolute Gasteiger partial charge is 0.423 e. The maximum Gasteiger partial charge on any atom is 0.343 e. The molecule has 0 saturated carbocycles. The molecule has 0 aromatic heterocycles. The summed E-state index contributed by atoms with van der Waals surface area (Å²) < 4.78 is 5.39. The Balaban J connectivity index is 2.00. The summed E-state index contributed by atoms with van der Waals surface area (Å²) >= 11 is 0. The molecule has 0 N–H and O–H groups in total. The Kier molecular flexibility index (Phi) is 5.56. The Bertz CT molecular complexity index is 568. The normalized spacial score (nSPS) is 10.4. The Labute approximate surface area is 126 Å². The fourth-order valence-electron chi connectivity index (χ4n) is 2.27. The van der Waals surface area contributed by atoms with Gasteiger partial charge in [0, 0.05) is 0 Å². The monoisotopic (exact) mass is 282 g/mol. The highest BCUT2D eigenvalue weighted by atomic mass is 16.5. The van der Waals surface area contributed by atoms with E-state index >= 15 is 0 Å². The molecule has 2 heteroatoms. The molecular weight excluding hydrogens is 260 g/mol. The first-order chi connectivity index (χ1) is 10.2. The second-order valence-corrected chi connectivity index (χ2v) is 5.23. The van der Waals surface area contributed by atoms with Crippen molar-refractivity contribution in [1.29, 1.82) is 0 Å². The van der Waals surface area contributed by atoms with E-state index in [0.29, 0.717) is 11.3 Å². The fourth-order valence-corrected chi connectivity index (χ4v) is 2.27. The van der Waals surface area contributed by atoms with Gasteiger partial charge in [0.2, 0.25) is 0 Å². The lowest BCUT2D eigenvalue weighted by Gasteiger charge is -2.06. The van der Waals surface area contributed by atoms with E-state index in [1.54, 1.807) is 0 Å². The number of ether oxygens (including phenoxy) is 1. The van der Waals surface area contributed by atoms with E-state index in [1.165, 1.54) is 11.1 Å². The molecule has 110 valence electrons. The summed E-state index contributed by atoms with van der Waals surface area (Å²) in [4.78, 5) is 12.1. The SMILES string of the molecule is CCCc1ccc(OC(=O)c2ccc(CCC)cc2)cc1. The number of rotatable bonds is 6. The van der Waals surface area contributed by atoms with E-state index in [-0.39, 0.29) is 5.97 Å². The van der Waals surface area contributed by atoms with Crippen LogP contribution in [0.2, 0.25) is 0 Å². The maximum atomic E-state index is 12.1. The molecule has 0 aliphatic heterocycles. The quantitative estimate of drug-likeness (QED) is 0.561. The van der Waals surface area contributed by atoms with Crippen LogP contribution in [0.1, 0.15) is 48.2 Å². The van der Waals surface area contributed by atoms with Crippen LogP contribution in [0.25, 0.3) is 0 Å². The molecular formula is C19H22O2. The van der Waals surface area contributed by atoms with Crippen molar-refractivity contribution in [2.45, 2.75) is 39.5 Å². The van der Waals surface area contributed by atoms with Crippen LogP contribution in [0.5, 0.6) is 5.75 Å². The molecule has 0 atom stereocenters. The maximum absolute atomic E-state index is 12.1. The Morgan fingerprint density at radius 3 is 1.76 bits per heavy atom. The van der Waals surface area contributed by atoms with Crippen LogP contribution in [0.3, 0.4) is 0 Å². The van der Waals surface area contributed by atoms with E-state index in [9.17, 15) is 4.79 Å². The van der Waals surface area contributed by atoms with Gasteiger partial charge in [-0.25, -0.2) is 4.79 Å². The Morgan fingerprint density at radius 1 is 0.810 bits per heavy atom. The Hall–Kier alpha value is -2.09. The summed E-state index contributed by atoms with van der Waals surface area (Å²) in [5, 5.41) is 0. The first kappa shape index (κ1) is 15.3. The number of carbonyl (C=O) groups excluding carboxylic acids is 1. The van der Waals surface area contributed by atoms with Gasteiger partial charge in [-0.3, -0.25) is 0 Å². The highest BCUT2D eigenvalue weighted by molar-refractivity contribution is 5.91. The van der Waals surface area contributed by atoms with Crippen LogP contribution in [0.4, 0.5) is 0 Å². The minimum Gasteiger partial charge on any atom is -0.423 e. The lowest BCUT2D eigenvalue weighted by atomic mass is 10.1. The number of aryl methyl sites for hydroxylation is 2. The molecule has 21 heavy (non-hydrogen) atoms. The topological polar surface area (TPSA) is 26.3 Å². The number of benzene rings is 2. The average molecular weight is 282 g/mol. The highest BCUT2D eigenvalue weighted by Gasteiger charge is 2.08. The van der Waals surface area contributed by atoms with E-state index in [2.05, 4.69) is 13.8 Å². The fraction of sp³-hybridized carbons (Fsp3) is 0.316. The molecule has 0 aliphatic rings. The number of carbonyl (C=O) groups is 1. The molecule has 0 bridgehead atoms. The standard InChI is InChI=1S/C19H22O2/c1-3-5-15-7-11-17(12-8-15)19(20)21-18-13-9-16(6-4-2)10-14-18/h7-14H,3-6H2,1-2H3.